The van der Waals surface area contributed by atoms with Gasteiger partial charge in [0.25, 0.3) is 0 Å². The van der Waals surface area contributed by atoms with Crippen molar-refractivity contribution in [3.8, 4) is 0 Å². The van der Waals surface area contributed by atoms with Gasteiger partial charge in [-0.1, -0.05) is 25.7 Å². The molecule has 4 N–H and O–H groups in total. The summed E-state index contributed by atoms with van der Waals surface area (Å²) in [6.45, 7) is 0.671. The van der Waals surface area contributed by atoms with Gasteiger partial charge in [0.15, 0.2) is 0 Å². The van der Waals surface area contributed by atoms with E-state index in [0.717, 1.165) is 38.5 Å². The summed E-state index contributed by atoms with van der Waals surface area (Å²) in [4.78, 5) is 24.9. The van der Waals surface area contributed by atoms with Gasteiger partial charge in [0.2, 0.25) is 11.8 Å². The molecule has 0 aromatic heterocycles. The van der Waals surface area contributed by atoms with Crippen LogP contribution < -0.4 is 16.4 Å². The number of amides is 2. The fraction of sp³-hybridized carbons (Fsp3) is 0.905. The van der Waals surface area contributed by atoms with Gasteiger partial charge in [0, 0.05) is 24.4 Å². The average molecular weight is 364 g/mol. The molecule has 0 heterocycles. The van der Waals surface area contributed by atoms with Crippen LogP contribution in [-0.4, -0.2) is 30.4 Å². The fourth-order valence-corrected chi connectivity index (χ4v) is 5.25. The Bertz CT molecular complexity index is 468. The molecule has 148 valence electrons. The molecule has 0 aromatic rings. The van der Waals surface area contributed by atoms with E-state index in [2.05, 4.69) is 10.6 Å². The maximum absolute atomic E-state index is 12.6. The molecule has 0 saturated heterocycles. The summed E-state index contributed by atoms with van der Waals surface area (Å²) in [5.41, 5.74) is 5.82. The highest BCUT2D eigenvalue weighted by molar-refractivity contribution is 5.79. The number of nitrogens with one attached hydrogen (secondary N) is 2. The number of carbonyl (C=O) groups excluding carboxylic acids is 2. The minimum atomic E-state index is 0.112. The van der Waals surface area contributed by atoms with Gasteiger partial charge in [-0.3, -0.25) is 9.59 Å². The lowest BCUT2D eigenvalue weighted by Gasteiger charge is -2.30. The zero-order valence-corrected chi connectivity index (χ0v) is 16.2. The molecule has 5 nitrogen and oxygen atoms in total. The lowest BCUT2D eigenvalue weighted by molar-refractivity contribution is -0.127. The summed E-state index contributed by atoms with van der Waals surface area (Å²) in [5, 5.41) is 6.48. The quantitative estimate of drug-likeness (QED) is 0.678. The number of rotatable bonds is 6. The first-order chi connectivity index (χ1) is 12.7. The van der Waals surface area contributed by atoms with Crippen molar-refractivity contribution in [3.05, 3.63) is 0 Å². The Morgan fingerprint density at radius 1 is 0.808 bits per heavy atom. The molecule has 5 heteroatoms. The average Bonchev–Trinajstić information content (AvgIpc) is 3.10. The van der Waals surface area contributed by atoms with E-state index in [1.807, 2.05) is 0 Å². The van der Waals surface area contributed by atoms with Crippen LogP contribution in [0.3, 0.4) is 0 Å². The highest BCUT2D eigenvalue weighted by Crippen LogP contribution is 2.29. The normalized spacial score (nSPS) is 33.0. The van der Waals surface area contributed by atoms with E-state index in [0.29, 0.717) is 24.8 Å². The van der Waals surface area contributed by atoms with Crippen LogP contribution in [0, 0.1) is 17.8 Å². The molecular formula is C21H37N3O2. The smallest absolute Gasteiger partial charge is 0.223 e. The SMILES string of the molecule is NCC1CCCC1NC(=O)C1CCC(NC(=O)CC2CCCCC2)CC1. The molecule has 3 fully saturated rings. The molecule has 2 atom stereocenters. The van der Waals surface area contributed by atoms with Gasteiger partial charge in [0.05, 0.1) is 0 Å². The Labute approximate surface area is 158 Å². The monoisotopic (exact) mass is 363 g/mol. The van der Waals surface area contributed by atoms with E-state index >= 15 is 0 Å². The summed E-state index contributed by atoms with van der Waals surface area (Å²) in [6.07, 6.45) is 14.0. The number of hydrogen-bond donors (Lipinski definition) is 3. The predicted molar refractivity (Wildman–Crippen MR) is 103 cm³/mol. The maximum Gasteiger partial charge on any atom is 0.223 e. The molecule has 3 saturated carbocycles. The molecule has 0 radical (unpaired) electrons. The van der Waals surface area contributed by atoms with Crippen molar-refractivity contribution < 1.29 is 9.59 Å². The van der Waals surface area contributed by atoms with E-state index in [4.69, 9.17) is 5.73 Å². The largest absolute Gasteiger partial charge is 0.353 e. The second-order valence-electron chi connectivity index (χ2n) is 8.87. The van der Waals surface area contributed by atoms with Gasteiger partial charge in [0.1, 0.15) is 0 Å². The maximum atomic E-state index is 12.6. The van der Waals surface area contributed by atoms with Crippen molar-refractivity contribution >= 4 is 11.8 Å². The van der Waals surface area contributed by atoms with E-state index in [1.165, 1.54) is 38.5 Å². The first-order valence-electron chi connectivity index (χ1n) is 11.0. The molecule has 0 aliphatic heterocycles. The van der Waals surface area contributed by atoms with Gasteiger partial charge >= 0.3 is 0 Å². The van der Waals surface area contributed by atoms with Gasteiger partial charge in [-0.05, 0) is 69.7 Å². The van der Waals surface area contributed by atoms with Gasteiger partial charge in [-0.25, -0.2) is 0 Å². The Morgan fingerprint density at radius 2 is 1.54 bits per heavy atom. The third kappa shape index (κ3) is 5.45. The van der Waals surface area contributed by atoms with E-state index in [1.54, 1.807) is 0 Å². The van der Waals surface area contributed by atoms with Crippen molar-refractivity contribution in [2.45, 2.75) is 95.6 Å². The highest BCUT2D eigenvalue weighted by atomic mass is 16.2. The molecule has 2 unspecified atom stereocenters. The topological polar surface area (TPSA) is 84.2 Å². The minimum absolute atomic E-state index is 0.112. The van der Waals surface area contributed by atoms with Crippen LogP contribution in [0.15, 0.2) is 0 Å². The van der Waals surface area contributed by atoms with E-state index < -0.39 is 0 Å². The van der Waals surface area contributed by atoms with Crippen LogP contribution in [0.25, 0.3) is 0 Å². The molecule has 2 amide bonds. The third-order valence-electron chi connectivity index (χ3n) is 6.95. The van der Waals surface area contributed by atoms with E-state index in [9.17, 15) is 9.59 Å². The second-order valence-corrected chi connectivity index (χ2v) is 8.87. The predicted octanol–water partition coefficient (Wildman–Crippen LogP) is 2.88. The first kappa shape index (κ1) is 19.7. The van der Waals surface area contributed by atoms with Crippen LogP contribution in [-0.2, 0) is 9.59 Å². The molecule has 0 aromatic carbocycles. The fourth-order valence-electron chi connectivity index (χ4n) is 5.25. The lowest BCUT2D eigenvalue weighted by atomic mass is 9.84. The molecule has 26 heavy (non-hydrogen) atoms. The Balaban J connectivity index is 1.35. The second kappa shape index (κ2) is 9.72. The summed E-state index contributed by atoms with van der Waals surface area (Å²) < 4.78 is 0. The molecular weight excluding hydrogens is 326 g/mol. The van der Waals surface area contributed by atoms with Gasteiger partial charge < -0.3 is 16.4 Å². The van der Waals surface area contributed by atoms with Crippen LogP contribution in [0.5, 0.6) is 0 Å². The number of carbonyl (C=O) groups is 2. The van der Waals surface area contributed by atoms with Crippen LogP contribution >= 0.6 is 0 Å². The summed E-state index contributed by atoms with van der Waals surface area (Å²) in [7, 11) is 0. The van der Waals surface area contributed by atoms with Crippen LogP contribution in [0.1, 0.15) is 83.5 Å². The van der Waals surface area contributed by atoms with Gasteiger partial charge in [-0.2, -0.15) is 0 Å². The minimum Gasteiger partial charge on any atom is -0.353 e. The van der Waals surface area contributed by atoms with Crippen molar-refractivity contribution in [1.29, 1.82) is 0 Å². The van der Waals surface area contributed by atoms with Crippen molar-refractivity contribution in [3.63, 3.8) is 0 Å². The summed E-state index contributed by atoms with van der Waals surface area (Å²) in [6, 6.07) is 0.541. The summed E-state index contributed by atoms with van der Waals surface area (Å²) in [5.74, 6) is 1.59. The first-order valence-corrected chi connectivity index (χ1v) is 11.0. The van der Waals surface area contributed by atoms with Crippen molar-refractivity contribution in [2.75, 3.05) is 6.54 Å². The Hall–Kier alpha value is -1.10. The Kier molecular flexibility index (Phi) is 7.35. The van der Waals surface area contributed by atoms with Crippen LogP contribution in [0.4, 0.5) is 0 Å². The highest BCUT2D eigenvalue weighted by Gasteiger charge is 2.32. The van der Waals surface area contributed by atoms with Crippen molar-refractivity contribution in [2.24, 2.45) is 23.5 Å². The zero-order chi connectivity index (χ0) is 18.4. The summed E-state index contributed by atoms with van der Waals surface area (Å²) >= 11 is 0. The molecule has 3 aliphatic rings. The number of nitrogens with two attached hydrogens (primary N) is 1. The molecule has 3 aliphatic carbocycles. The standard InChI is InChI=1S/C21H37N3O2/c22-14-17-7-4-8-19(17)24-21(26)16-9-11-18(12-10-16)23-20(25)13-15-5-2-1-3-6-15/h15-19H,1-14,22H2,(H,23,25)(H,24,26). The van der Waals surface area contributed by atoms with Crippen LogP contribution in [0.2, 0.25) is 0 Å². The van der Waals surface area contributed by atoms with E-state index in [-0.39, 0.29) is 29.8 Å². The van der Waals surface area contributed by atoms with Crippen molar-refractivity contribution in [1.82, 2.24) is 10.6 Å². The molecule has 0 bridgehead atoms. The third-order valence-corrected chi connectivity index (χ3v) is 6.95. The molecule has 3 rings (SSSR count). The lowest BCUT2D eigenvalue weighted by Crippen LogP contribution is -2.45. The number of hydrogen-bond acceptors (Lipinski definition) is 3. The Morgan fingerprint density at radius 3 is 2.23 bits per heavy atom. The zero-order valence-electron chi connectivity index (χ0n) is 16.2. The van der Waals surface area contributed by atoms with Gasteiger partial charge in [-0.15, -0.1) is 0 Å². The molecule has 0 spiro atoms.